The third kappa shape index (κ3) is 2.41. The van der Waals surface area contributed by atoms with Crippen LogP contribution in [0.3, 0.4) is 0 Å². The first-order chi connectivity index (χ1) is 10.7. The highest BCUT2D eigenvalue weighted by Gasteiger charge is 2.36. The van der Waals surface area contributed by atoms with Crippen molar-refractivity contribution >= 4 is 11.6 Å². The van der Waals surface area contributed by atoms with E-state index >= 15 is 0 Å². The number of allylic oxidation sites excluding steroid dienone is 4. The van der Waals surface area contributed by atoms with E-state index in [1.807, 2.05) is 0 Å². The summed E-state index contributed by atoms with van der Waals surface area (Å²) in [7, 11) is 0. The Labute approximate surface area is 133 Å². The number of hydrogen-bond donors (Lipinski definition) is 0. The topological polar surface area (TPSA) is 34.1 Å². The summed E-state index contributed by atoms with van der Waals surface area (Å²) in [5.74, 6) is 1.88. The molecule has 118 valence electrons. The number of carbonyl (C=O) groups is 2. The molecule has 0 aromatic carbocycles. The summed E-state index contributed by atoms with van der Waals surface area (Å²) in [5, 5.41) is 0. The molecule has 2 nitrogen and oxygen atoms in total. The van der Waals surface area contributed by atoms with Crippen molar-refractivity contribution in [1.29, 1.82) is 0 Å². The van der Waals surface area contributed by atoms with Crippen LogP contribution in [-0.2, 0) is 9.59 Å². The molecule has 0 aromatic rings. The number of ketones is 2. The molecule has 22 heavy (non-hydrogen) atoms. The lowest BCUT2D eigenvalue weighted by Crippen LogP contribution is -2.06. The van der Waals surface area contributed by atoms with Crippen molar-refractivity contribution in [3.63, 3.8) is 0 Å². The molecule has 0 heterocycles. The Balaban J connectivity index is 1.52. The molecule has 4 aliphatic carbocycles. The van der Waals surface area contributed by atoms with Gasteiger partial charge in [-0.05, 0) is 74.3 Å². The molecule has 4 aliphatic rings. The Morgan fingerprint density at radius 1 is 0.682 bits per heavy atom. The molecule has 0 bridgehead atoms. The monoisotopic (exact) mass is 298 g/mol. The Hall–Kier alpha value is -1.18. The van der Waals surface area contributed by atoms with Gasteiger partial charge < -0.3 is 0 Å². The summed E-state index contributed by atoms with van der Waals surface area (Å²) in [5.41, 5.74) is 5.16. The van der Waals surface area contributed by atoms with Crippen molar-refractivity contribution in [1.82, 2.24) is 0 Å². The first-order valence-electron chi connectivity index (χ1n) is 9.24. The zero-order valence-electron chi connectivity index (χ0n) is 13.5. The quantitative estimate of drug-likeness (QED) is 0.757. The van der Waals surface area contributed by atoms with E-state index in [2.05, 4.69) is 0 Å². The number of hydrogen-bond acceptors (Lipinski definition) is 2. The van der Waals surface area contributed by atoms with E-state index in [1.165, 1.54) is 49.7 Å². The van der Waals surface area contributed by atoms with Gasteiger partial charge in [-0.3, -0.25) is 9.59 Å². The summed E-state index contributed by atoms with van der Waals surface area (Å²) in [4.78, 5) is 24.7. The molecule has 2 saturated carbocycles. The SMILES string of the molecule is O=C1CC2CCCCC2=C1CCC1=C2CCCCC2CC1=O. The highest BCUT2D eigenvalue weighted by molar-refractivity contribution is 6.01. The fourth-order valence-corrected chi connectivity index (χ4v) is 5.32. The standard InChI is InChI=1S/C20H26O2/c21-19-11-13-5-1-3-7-15(13)17(19)9-10-18-16-8-4-2-6-14(16)12-20(18)22/h13-14H,1-12H2. The Morgan fingerprint density at radius 3 is 1.59 bits per heavy atom. The van der Waals surface area contributed by atoms with Gasteiger partial charge in [-0.15, -0.1) is 0 Å². The van der Waals surface area contributed by atoms with Gasteiger partial charge in [0, 0.05) is 12.8 Å². The molecule has 0 N–H and O–H groups in total. The van der Waals surface area contributed by atoms with Crippen LogP contribution in [0.15, 0.2) is 22.3 Å². The molecule has 0 aliphatic heterocycles. The molecule has 2 unspecified atom stereocenters. The predicted octanol–water partition coefficient (Wildman–Crippen LogP) is 4.69. The second-order valence-corrected chi connectivity index (χ2v) is 7.65. The smallest absolute Gasteiger partial charge is 0.159 e. The second kappa shape index (κ2) is 5.79. The van der Waals surface area contributed by atoms with Crippen molar-refractivity contribution in [2.45, 2.75) is 77.0 Å². The van der Waals surface area contributed by atoms with Crippen LogP contribution < -0.4 is 0 Å². The third-order valence-corrected chi connectivity index (χ3v) is 6.42. The average molecular weight is 298 g/mol. The maximum absolute atomic E-state index is 12.4. The summed E-state index contributed by atoms with van der Waals surface area (Å²) >= 11 is 0. The Kier molecular flexibility index (Phi) is 3.79. The first kappa shape index (κ1) is 14.4. The Morgan fingerprint density at radius 2 is 1.14 bits per heavy atom. The van der Waals surface area contributed by atoms with Gasteiger partial charge in [-0.2, -0.15) is 0 Å². The predicted molar refractivity (Wildman–Crippen MR) is 86.5 cm³/mol. The van der Waals surface area contributed by atoms with Gasteiger partial charge in [0.25, 0.3) is 0 Å². The van der Waals surface area contributed by atoms with Crippen molar-refractivity contribution in [3.8, 4) is 0 Å². The normalized spacial score (nSPS) is 31.8. The van der Waals surface area contributed by atoms with Crippen LogP contribution in [0.5, 0.6) is 0 Å². The zero-order chi connectivity index (χ0) is 15.1. The van der Waals surface area contributed by atoms with Crippen LogP contribution >= 0.6 is 0 Å². The minimum absolute atomic E-state index is 0.387. The van der Waals surface area contributed by atoms with Gasteiger partial charge >= 0.3 is 0 Å². The summed E-state index contributed by atoms with van der Waals surface area (Å²) < 4.78 is 0. The summed E-state index contributed by atoms with van der Waals surface area (Å²) in [6.45, 7) is 0. The van der Waals surface area contributed by atoms with Crippen LogP contribution in [0.4, 0.5) is 0 Å². The minimum Gasteiger partial charge on any atom is -0.295 e. The average Bonchev–Trinajstić information content (AvgIpc) is 3.01. The van der Waals surface area contributed by atoms with Crippen molar-refractivity contribution in [3.05, 3.63) is 22.3 Å². The molecule has 4 rings (SSSR count). The largest absolute Gasteiger partial charge is 0.295 e. The van der Waals surface area contributed by atoms with Crippen LogP contribution in [-0.4, -0.2) is 11.6 Å². The van der Waals surface area contributed by atoms with E-state index in [-0.39, 0.29) is 0 Å². The van der Waals surface area contributed by atoms with Gasteiger partial charge in [-0.1, -0.05) is 24.0 Å². The van der Waals surface area contributed by atoms with E-state index in [0.29, 0.717) is 23.4 Å². The highest BCUT2D eigenvalue weighted by Crippen LogP contribution is 2.44. The maximum atomic E-state index is 12.4. The van der Waals surface area contributed by atoms with Crippen LogP contribution in [0.2, 0.25) is 0 Å². The van der Waals surface area contributed by atoms with E-state index < -0.39 is 0 Å². The molecule has 0 spiro atoms. The fraction of sp³-hybridized carbons (Fsp3) is 0.700. The van der Waals surface area contributed by atoms with Crippen LogP contribution in [0.25, 0.3) is 0 Å². The zero-order valence-corrected chi connectivity index (χ0v) is 13.5. The lowest BCUT2D eigenvalue weighted by molar-refractivity contribution is -0.116. The van der Waals surface area contributed by atoms with E-state index in [1.54, 1.807) is 0 Å². The lowest BCUT2D eigenvalue weighted by Gasteiger charge is -2.21. The lowest BCUT2D eigenvalue weighted by atomic mass is 9.84. The minimum atomic E-state index is 0.387. The molecule has 0 radical (unpaired) electrons. The summed E-state index contributed by atoms with van der Waals surface area (Å²) in [6, 6.07) is 0. The van der Waals surface area contributed by atoms with Gasteiger partial charge in [0.2, 0.25) is 0 Å². The molecular formula is C20H26O2. The van der Waals surface area contributed by atoms with Gasteiger partial charge in [-0.25, -0.2) is 0 Å². The fourth-order valence-electron chi connectivity index (χ4n) is 5.32. The van der Waals surface area contributed by atoms with Crippen molar-refractivity contribution < 1.29 is 9.59 Å². The van der Waals surface area contributed by atoms with E-state index in [4.69, 9.17) is 0 Å². The maximum Gasteiger partial charge on any atom is 0.159 e. The molecule has 0 amide bonds. The summed E-state index contributed by atoms with van der Waals surface area (Å²) in [6.07, 6.45) is 12.9. The number of carbonyl (C=O) groups excluding carboxylic acids is 2. The van der Waals surface area contributed by atoms with Gasteiger partial charge in [0.15, 0.2) is 11.6 Å². The first-order valence-corrected chi connectivity index (χ1v) is 9.24. The van der Waals surface area contributed by atoms with Gasteiger partial charge in [0.05, 0.1) is 0 Å². The molecule has 2 fully saturated rings. The third-order valence-electron chi connectivity index (χ3n) is 6.42. The highest BCUT2D eigenvalue weighted by atomic mass is 16.1. The number of Topliss-reactive ketones (excluding diaryl/α,β-unsaturated/α-hetero) is 2. The molecule has 2 heteroatoms. The van der Waals surface area contributed by atoms with E-state index in [9.17, 15) is 9.59 Å². The second-order valence-electron chi connectivity index (χ2n) is 7.65. The van der Waals surface area contributed by atoms with Crippen LogP contribution in [0.1, 0.15) is 77.0 Å². The molecule has 2 atom stereocenters. The van der Waals surface area contributed by atoms with E-state index in [0.717, 1.165) is 49.7 Å². The van der Waals surface area contributed by atoms with Crippen molar-refractivity contribution in [2.24, 2.45) is 11.8 Å². The van der Waals surface area contributed by atoms with Crippen LogP contribution in [0, 0.1) is 11.8 Å². The van der Waals surface area contributed by atoms with Crippen molar-refractivity contribution in [2.75, 3.05) is 0 Å². The molecule has 0 saturated heterocycles. The Bertz CT molecular complexity index is 527. The number of rotatable bonds is 3. The molecule has 0 aromatic heterocycles. The van der Waals surface area contributed by atoms with Gasteiger partial charge in [0.1, 0.15) is 0 Å². The molecular weight excluding hydrogens is 272 g/mol. The number of fused-ring (bicyclic) bond motifs is 2.